The summed E-state index contributed by atoms with van der Waals surface area (Å²) in [6, 6.07) is 15.3. The van der Waals surface area contributed by atoms with Crippen molar-refractivity contribution in [3.8, 4) is 0 Å². The predicted molar refractivity (Wildman–Crippen MR) is 84.9 cm³/mol. The van der Waals surface area contributed by atoms with Crippen LogP contribution in [0.4, 0.5) is 5.69 Å². The molecule has 0 unspecified atom stereocenters. The van der Waals surface area contributed by atoms with Crippen LogP contribution >= 0.6 is 0 Å². The van der Waals surface area contributed by atoms with E-state index in [4.69, 9.17) is 11.5 Å². The molecule has 0 saturated carbocycles. The molecule has 2 aromatic carbocycles. The van der Waals surface area contributed by atoms with E-state index >= 15 is 0 Å². The molecule has 21 heavy (non-hydrogen) atoms. The van der Waals surface area contributed by atoms with Crippen LogP contribution in [0.1, 0.15) is 23.6 Å². The molecule has 106 valence electrons. The van der Waals surface area contributed by atoms with Gasteiger partial charge in [-0.15, -0.1) is 0 Å². The minimum absolute atomic E-state index is 0.0227. The van der Waals surface area contributed by atoms with Crippen LogP contribution in [0.25, 0.3) is 11.4 Å². The zero-order valence-corrected chi connectivity index (χ0v) is 11.8. The molecule has 0 saturated heterocycles. The Morgan fingerprint density at radius 3 is 2.24 bits per heavy atom. The van der Waals surface area contributed by atoms with Crippen molar-refractivity contribution < 1.29 is 4.79 Å². The number of hydrogen-bond donors (Lipinski definition) is 2. The summed E-state index contributed by atoms with van der Waals surface area (Å²) in [6.07, 6.45) is 0. The first kappa shape index (κ1) is 13.2. The van der Waals surface area contributed by atoms with Gasteiger partial charge in [-0.05, 0) is 11.6 Å². The molecule has 0 aliphatic carbocycles. The van der Waals surface area contributed by atoms with Crippen LogP contribution in [0, 0.1) is 0 Å². The van der Waals surface area contributed by atoms with Gasteiger partial charge in [0.15, 0.2) is 0 Å². The van der Waals surface area contributed by atoms with Gasteiger partial charge >= 0.3 is 0 Å². The van der Waals surface area contributed by atoms with Gasteiger partial charge in [0.05, 0.1) is 23.6 Å². The summed E-state index contributed by atoms with van der Waals surface area (Å²) >= 11 is 0. The lowest BCUT2D eigenvalue weighted by molar-refractivity contribution is -0.116. The van der Waals surface area contributed by atoms with Crippen molar-refractivity contribution in [1.29, 1.82) is 0 Å². The molecule has 0 fully saturated rings. The summed E-state index contributed by atoms with van der Waals surface area (Å²) in [5.41, 5.74) is 17.0. The van der Waals surface area contributed by atoms with Gasteiger partial charge in [0, 0.05) is 18.1 Å². The van der Waals surface area contributed by atoms with Crippen molar-refractivity contribution in [2.24, 2.45) is 11.5 Å². The third-order valence-corrected chi connectivity index (χ3v) is 3.79. The highest BCUT2D eigenvalue weighted by Crippen LogP contribution is 2.33. The average Bonchev–Trinajstić information content (AvgIpc) is 2.50. The first-order valence-corrected chi connectivity index (χ1v) is 6.80. The largest absolute Gasteiger partial charge is 0.397 e. The number of carbonyl (C=O) groups is 1. The van der Waals surface area contributed by atoms with Crippen LogP contribution in [0.5, 0.6) is 0 Å². The second-order valence-electron chi connectivity index (χ2n) is 5.11. The summed E-state index contributed by atoms with van der Waals surface area (Å²) in [5, 5.41) is 0. The highest BCUT2D eigenvalue weighted by molar-refractivity contribution is 6.00. The molecule has 2 aromatic rings. The summed E-state index contributed by atoms with van der Waals surface area (Å²) in [7, 11) is 0. The van der Waals surface area contributed by atoms with Gasteiger partial charge in [0.1, 0.15) is 0 Å². The fourth-order valence-corrected chi connectivity index (χ4v) is 2.68. The zero-order valence-electron chi connectivity index (χ0n) is 11.8. The van der Waals surface area contributed by atoms with Gasteiger partial charge in [-0.25, -0.2) is 0 Å². The summed E-state index contributed by atoms with van der Waals surface area (Å²) in [5.74, 6) is -0.0227. The summed E-state index contributed by atoms with van der Waals surface area (Å²) < 4.78 is 0. The standard InChI is InChI=1S/C17H17N3O/c1-11(21)20-10-12-6-2-3-7-13(12)16(18)17(19)14-8-4-5-9-15(14)20/h2-9H,10,18-19H2,1H3/b17-16-. The topological polar surface area (TPSA) is 72.3 Å². The van der Waals surface area contributed by atoms with E-state index in [1.807, 2.05) is 48.5 Å². The monoisotopic (exact) mass is 279 g/mol. The molecule has 3 rings (SSSR count). The molecular weight excluding hydrogens is 262 g/mol. The van der Waals surface area contributed by atoms with Gasteiger partial charge in [-0.1, -0.05) is 42.5 Å². The lowest BCUT2D eigenvalue weighted by Gasteiger charge is -2.28. The van der Waals surface area contributed by atoms with Crippen LogP contribution in [0.3, 0.4) is 0 Å². The van der Waals surface area contributed by atoms with Crippen molar-refractivity contribution in [1.82, 2.24) is 0 Å². The SMILES string of the molecule is CC(=O)N1Cc2ccccc2/C(N)=C(/N)c2ccccc21. The second kappa shape index (κ2) is 4.98. The summed E-state index contributed by atoms with van der Waals surface area (Å²) in [4.78, 5) is 13.8. The van der Waals surface area contributed by atoms with Crippen molar-refractivity contribution in [2.75, 3.05) is 4.90 Å². The molecule has 0 bridgehead atoms. The number of nitrogens with two attached hydrogens (primary N) is 2. The van der Waals surface area contributed by atoms with Crippen molar-refractivity contribution >= 4 is 23.0 Å². The highest BCUT2D eigenvalue weighted by atomic mass is 16.2. The first-order chi connectivity index (χ1) is 10.1. The lowest BCUT2D eigenvalue weighted by atomic mass is 9.96. The Morgan fingerprint density at radius 2 is 1.52 bits per heavy atom. The molecule has 4 nitrogen and oxygen atoms in total. The molecule has 0 aromatic heterocycles. The Balaban J connectivity index is 2.33. The number of benzene rings is 2. The van der Waals surface area contributed by atoms with Crippen LogP contribution in [-0.4, -0.2) is 5.91 Å². The number of fused-ring (bicyclic) bond motifs is 2. The van der Waals surface area contributed by atoms with Gasteiger partial charge in [0.25, 0.3) is 0 Å². The number of hydrogen-bond acceptors (Lipinski definition) is 3. The van der Waals surface area contributed by atoms with E-state index in [-0.39, 0.29) is 5.91 Å². The van der Waals surface area contributed by atoms with E-state index in [2.05, 4.69) is 0 Å². The molecule has 1 aliphatic rings. The number of amides is 1. The van der Waals surface area contributed by atoms with Gasteiger partial charge in [-0.2, -0.15) is 0 Å². The quantitative estimate of drug-likeness (QED) is 0.777. The number of rotatable bonds is 0. The molecule has 0 radical (unpaired) electrons. The van der Waals surface area contributed by atoms with Crippen LogP contribution in [0.2, 0.25) is 0 Å². The maximum absolute atomic E-state index is 12.1. The Labute approximate surface area is 123 Å². The first-order valence-electron chi connectivity index (χ1n) is 6.80. The Bertz CT molecular complexity index is 749. The van der Waals surface area contributed by atoms with Crippen molar-refractivity contribution in [3.05, 3.63) is 65.2 Å². The maximum atomic E-state index is 12.1. The number of anilines is 1. The average molecular weight is 279 g/mol. The van der Waals surface area contributed by atoms with E-state index in [0.717, 1.165) is 22.4 Å². The Kier molecular flexibility index (Phi) is 3.14. The number of carbonyl (C=O) groups excluding carboxylic acids is 1. The van der Waals surface area contributed by atoms with Crippen molar-refractivity contribution in [2.45, 2.75) is 13.5 Å². The van der Waals surface area contributed by atoms with Gasteiger partial charge < -0.3 is 16.4 Å². The molecular formula is C17H17N3O. The van der Waals surface area contributed by atoms with Gasteiger partial charge in [0.2, 0.25) is 5.91 Å². The third-order valence-electron chi connectivity index (χ3n) is 3.79. The van der Waals surface area contributed by atoms with Gasteiger partial charge in [-0.3, -0.25) is 4.79 Å². The fraction of sp³-hybridized carbons (Fsp3) is 0.118. The second-order valence-corrected chi connectivity index (χ2v) is 5.11. The van der Waals surface area contributed by atoms with Crippen LogP contribution in [-0.2, 0) is 11.3 Å². The molecule has 0 atom stereocenters. The van der Waals surface area contributed by atoms with Crippen LogP contribution in [0.15, 0.2) is 48.5 Å². The summed E-state index contributed by atoms with van der Waals surface area (Å²) in [6.45, 7) is 2.04. The van der Waals surface area contributed by atoms with E-state index in [1.165, 1.54) is 0 Å². The molecule has 1 heterocycles. The Hall–Kier alpha value is -2.75. The fourth-order valence-electron chi connectivity index (χ4n) is 2.68. The number of nitrogens with zero attached hydrogens (tertiary/aromatic N) is 1. The van der Waals surface area contributed by atoms with E-state index in [1.54, 1.807) is 11.8 Å². The minimum Gasteiger partial charge on any atom is -0.397 e. The maximum Gasteiger partial charge on any atom is 0.224 e. The lowest BCUT2D eigenvalue weighted by Crippen LogP contribution is -2.31. The third kappa shape index (κ3) is 2.14. The van der Waals surface area contributed by atoms with E-state index < -0.39 is 0 Å². The molecule has 4 heteroatoms. The molecule has 1 amide bonds. The molecule has 4 N–H and O–H groups in total. The van der Waals surface area contributed by atoms with E-state index in [9.17, 15) is 4.79 Å². The van der Waals surface area contributed by atoms with E-state index in [0.29, 0.717) is 17.9 Å². The normalized spacial score (nSPS) is 17.5. The molecule has 1 aliphatic heterocycles. The smallest absolute Gasteiger partial charge is 0.224 e. The molecule has 0 spiro atoms. The van der Waals surface area contributed by atoms with Crippen molar-refractivity contribution in [3.63, 3.8) is 0 Å². The zero-order chi connectivity index (χ0) is 15.0. The van der Waals surface area contributed by atoms with Crippen LogP contribution < -0.4 is 16.4 Å². The number of para-hydroxylation sites is 1. The minimum atomic E-state index is -0.0227. The Morgan fingerprint density at radius 1 is 0.952 bits per heavy atom. The highest BCUT2D eigenvalue weighted by Gasteiger charge is 2.22. The predicted octanol–water partition coefficient (Wildman–Crippen LogP) is 2.30.